The first-order valence-corrected chi connectivity index (χ1v) is 8.02. The zero-order valence-corrected chi connectivity index (χ0v) is 13.1. The van der Waals surface area contributed by atoms with Crippen LogP contribution >= 0.6 is 12.4 Å². The van der Waals surface area contributed by atoms with E-state index in [9.17, 15) is 8.42 Å². The van der Waals surface area contributed by atoms with Gasteiger partial charge in [0, 0.05) is 6.54 Å². The largest absolute Gasteiger partial charge is 0.493 e. The highest BCUT2D eigenvalue weighted by molar-refractivity contribution is 7.89. The maximum Gasteiger partial charge on any atom is 0.240 e. The molecule has 0 radical (unpaired) electrons. The number of halogens is 1. The third-order valence-electron chi connectivity index (χ3n) is 3.09. The van der Waals surface area contributed by atoms with Gasteiger partial charge in [-0.2, -0.15) is 0 Å². The third-order valence-corrected chi connectivity index (χ3v) is 4.54. The van der Waals surface area contributed by atoms with E-state index in [0.717, 1.165) is 37.1 Å². The second-order valence-corrected chi connectivity index (χ2v) is 6.34. The van der Waals surface area contributed by atoms with Gasteiger partial charge < -0.3 is 10.1 Å². The minimum Gasteiger partial charge on any atom is -0.493 e. The van der Waals surface area contributed by atoms with Crippen molar-refractivity contribution in [3.63, 3.8) is 0 Å². The molecule has 0 atom stereocenters. The summed E-state index contributed by atoms with van der Waals surface area (Å²) in [5.74, 6) is 0.806. The minimum atomic E-state index is -3.41. The van der Waals surface area contributed by atoms with Crippen LogP contribution in [0, 0.1) is 0 Å². The molecule has 0 bridgehead atoms. The molecule has 0 amide bonds. The molecule has 0 saturated carbocycles. The van der Waals surface area contributed by atoms with Crippen LogP contribution in [0.4, 0.5) is 0 Å². The lowest BCUT2D eigenvalue weighted by Gasteiger charge is -2.18. The highest BCUT2D eigenvalue weighted by atomic mass is 35.5. The molecule has 1 aliphatic rings. The number of benzene rings is 1. The van der Waals surface area contributed by atoms with E-state index in [0.29, 0.717) is 18.0 Å². The number of ether oxygens (including phenoxy) is 1. The Labute approximate surface area is 126 Å². The molecule has 1 aliphatic heterocycles. The van der Waals surface area contributed by atoms with Crippen LogP contribution < -0.4 is 14.8 Å². The second-order valence-electron chi connectivity index (χ2n) is 4.58. The average Bonchev–Trinajstić information content (AvgIpc) is 2.43. The van der Waals surface area contributed by atoms with Crippen LogP contribution in [0.15, 0.2) is 23.1 Å². The van der Waals surface area contributed by atoms with Gasteiger partial charge in [-0.1, -0.05) is 0 Å². The summed E-state index contributed by atoms with van der Waals surface area (Å²) >= 11 is 0. The lowest BCUT2D eigenvalue weighted by atomic mass is 10.1. The summed E-state index contributed by atoms with van der Waals surface area (Å²) in [6, 6.07) is 5.07. The van der Waals surface area contributed by atoms with Gasteiger partial charge in [-0.25, -0.2) is 13.1 Å². The maximum atomic E-state index is 12.1. The van der Waals surface area contributed by atoms with Crippen LogP contribution in [0.2, 0.25) is 0 Å². The molecule has 5 nitrogen and oxygen atoms in total. The molecular formula is C13H21ClN2O3S. The third kappa shape index (κ3) is 4.34. The molecule has 0 saturated heterocycles. The highest BCUT2D eigenvalue weighted by Gasteiger charge is 2.17. The Bertz CT molecular complexity index is 534. The highest BCUT2D eigenvalue weighted by Crippen LogP contribution is 2.27. The van der Waals surface area contributed by atoms with Gasteiger partial charge in [-0.15, -0.1) is 12.4 Å². The van der Waals surface area contributed by atoms with E-state index in [4.69, 9.17) is 4.74 Å². The van der Waals surface area contributed by atoms with E-state index in [1.807, 2.05) is 7.05 Å². The summed E-state index contributed by atoms with van der Waals surface area (Å²) in [6.45, 7) is 1.94. The number of aryl methyl sites for hydroxylation is 1. The SMILES string of the molecule is CNCCCNS(=O)(=O)c1ccc2c(c1)CCCO2.Cl. The number of nitrogens with one attached hydrogen (secondary N) is 2. The van der Waals surface area contributed by atoms with Crippen molar-refractivity contribution in [3.8, 4) is 5.75 Å². The van der Waals surface area contributed by atoms with Gasteiger partial charge in [0.2, 0.25) is 10.0 Å². The smallest absolute Gasteiger partial charge is 0.240 e. The fourth-order valence-electron chi connectivity index (χ4n) is 2.06. The first-order valence-electron chi connectivity index (χ1n) is 6.53. The fraction of sp³-hybridized carbons (Fsp3) is 0.538. The van der Waals surface area contributed by atoms with Gasteiger partial charge >= 0.3 is 0 Å². The molecule has 0 fully saturated rings. The van der Waals surface area contributed by atoms with E-state index in [2.05, 4.69) is 10.0 Å². The number of hydrogen-bond acceptors (Lipinski definition) is 4. The molecule has 0 aliphatic carbocycles. The zero-order valence-electron chi connectivity index (χ0n) is 11.5. The molecule has 1 aromatic rings. The minimum absolute atomic E-state index is 0. The van der Waals surface area contributed by atoms with Crippen LogP contribution in [-0.2, 0) is 16.4 Å². The van der Waals surface area contributed by atoms with Gasteiger partial charge in [-0.05, 0) is 56.6 Å². The van der Waals surface area contributed by atoms with E-state index < -0.39 is 10.0 Å². The van der Waals surface area contributed by atoms with Gasteiger partial charge in [0.25, 0.3) is 0 Å². The average molecular weight is 321 g/mol. The molecule has 2 rings (SSSR count). The van der Waals surface area contributed by atoms with Crippen molar-refractivity contribution in [3.05, 3.63) is 23.8 Å². The quantitative estimate of drug-likeness (QED) is 0.776. The fourth-order valence-corrected chi connectivity index (χ4v) is 3.18. The Hall–Kier alpha value is -0.820. The first kappa shape index (κ1) is 17.2. The maximum absolute atomic E-state index is 12.1. The Morgan fingerprint density at radius 1 is 1.30 bits per heavy atom. The lowest BCUT2D eigenvalue weighted by Crippen LogP contribution is -2.27. The van der Waals surface area contributed by atoms with Crippen LogP contribution in [-0.4, -0.2) is 35.2 Å². The normalized spacial score (nSPS) is 14.1. The Morgan fingerprint density at radius 3 is 2.85 bits per heavy atom. The molecule has 1 heterocycles. The van der Waals surface area contributed by atoms with E-state index in [-0.39, 0.29) is 12.4 Å². The zero-order chi connectivity index (χ0) is 13.7. The second kappa shape index (κ2) is 7.83. The van der Waals surface area contributed by atoms with Crippen molar-refractivity contribution in [2.45, 2.75) is 24.2 Å². The topological polar surface area (TPSA) is 67.4 Å². The predicted octanol–water partition coefficient (Wildman–Crippen LogP) is 1.32. The Morgan fingerprint density at radius 2 is 2.10 bits per heavy atom. The molecule has 0 aromatic heterocycles. The molecule has 114 valence electrons. The number of sulfonamides is 1. The molecule has 7 heteroatoms. The van der Waals surface area contributed by atoms with E-state index in [1.54, 1.807) is 18.2 Å². The molecular weight excluding hydrogens is 300 g/mol. The summed E-state index contributed by atoms with van der Waals surface area (Å²) in [4.78, 5) is 0.321. The van der Waals surface area contributed by atoms with Crippen molar-refractivity contribution < 1.29 is 13.2 Å². The summed E-state index contributed by atoms with van der Waals surface area (Å²) in [6.07, 6.45) is 2.58. The Kier molecular flexibility index (Phi) is 6.75. The van der Waals surface area contributed by atoms with Crippen LogP contribution in [0.3, 0.4) is 0 Å². The summed E-state index contributed by atoms with van der Waals surface area (Å²) in [7, 11) is -1.56. The molecule has 2 N–H and O–H groups in total. The monoisotopic (exact) mass is 320 g/mol. The molecule has 1 aromatic carbocycles. The van der Waals surface area contributed by atoms with Gasteiger partial charge in [0.15, 0.2) is 0 Å². The lowest BCUT2D eigenvalue weighted by molar-refractivity contribution is 0.288. The van der Waals surface area contributed by atoms with Crippen molar-refractivity contribution >= 4 is 22.4 Å². The standard InChI is InChI=1S/C13H20N2O3S.ClH/c1-14-7-3-8-15-19(16,17)12-5-6-13-11(10-12)4-2-9-18-13;/h5-6,10,14-15H,2-4,7-9H2,1H3;1H. The molecule has 0 unspecified atom stereocenters. The summed E-state index contributed by atoms with van der Waals surface area (Å²) < 4.78 is 32.3. The van der Waals surface area contributed by atoms with Crippen molar-refractivity contribution in [1.29, 1.82) is 0 Å². The van der Waals surface area contributed by atoms with Gasteiger partial charge in [-0.3, -0.25) is 0 Å². The summed E-state index contributed by atoms with van der Waals surface area (Å²) in [5, 5.41) is 2.98. The number of fused-ring (bicyclic) bond motifs is 1. The number of rotatable bonds is 6. The van der Waals surface area contributed by atoms with Gasteiger partial charge in [0.1, 0.15) is 5.75 Å². The first-order chi connectivity index (χ1) is 9.13. The van der Waals surface area contributed by atoms with E-state index in [1.165, 1.54) is 0 Å². The Balaban J connectivity index is 0.00000200. The molecule has 20 heavy (non-hydrogen) atoms. The van der Waals surface area contributed by atoms with Crippen molar-refractivity contribution in [2.24, 2.45) is 0 Å². The van der Waals surface area contributed by atoms with Gasteiger partial charge in [0.05, 0.1) is 11.5 Å². The van der Waals surface area contributed by atoms with Crippen molar-refractivity contribution in [1.82, 2.24) is 10.0 Å². The van der Waals surface area contributed by atoms with Crippen LogP contribution in [0.5, 0.6) is 5.75 Å². The van der Waals surface area contributed by atoms with E-state index >= 15 is 0 Å². The predicted molar refractivity (Wildman–Crippen MR) is 81.2 cm³/mol. The van der Waals surface area contributed by atoms with Crippen LogP contribution in [0.1, 0.15) is 18.4 Å². The van der Waals surface area contributed by atoms with Crippen molar-refractivity contribution in [2.75, 3.05) is 26.7 Å². The summed E-state index contributed by atoms with van der Waals surface area (Å²) in [5.41, 5.74) is 0.976. The number of hydrogen-bond donors (Lipinski definition) is 2. The van der Waals surface area contributed by atoms with Crippen LogP contribution in [0.25, 0.3) is 0 Å². The molecule has 0 spiro atoms.